The molecule has 0 fully saturated rings. The zero-order valence-corrected chi connectivity index (χ0v) is 41.7. The number of anilines is 6. The summed E-state index contributed by atoms with van der Waals surface area (Å²) < 4.78 is 27.7. The molecule has 6 aromatic rings. The summed E-state index contributed by atoms with van der Waals surface area (Å²) in [4.78, 5) is 5.00. The van der Waals surface area contributed by atoms with Crippen LogP contribution < -0.4 is 26.2 Å². The smallest absolute Gasteiger partial charge is 0.252 e. The Morgan fingerprint density at radius 3 is 1.63 bits per heavy atom. The normalized spacial score (nSPS) is 21.4. The van der Waals surface area contributed by atoms with E-state index in [2.05, 4.69) is 192 Å². The lowest BCUT2D eigenvalue weighted by Gasteiger charge is -2.47. The van der Waals surface area contributed by atoms with Gasteiger partial charge >= 0.3 is 0 Å². The second-order valence-corrected chi connectivity index (χ2v) is 24.9. The van der Waals surface area contributed by atoms with Gasteiger partial charge in [0.25, 0.3) is 6.71 Å². The van der Waals surface area contributed by atoms with E-state index in [0.717, 1.165) is 77.4 Å². The minimum Gasteiger partial charge on any atom is -0.311 e. The van der Waals surface area contributed by atoms with E-state index in [-0.39, 0.29) is 39.2 Å². The SMILES string of the molecule is [2H]C([2H])([2H])c1cc2c3c(c1)N(c1ccc4c(c1C)C(C)(C)CCC4(C)C)c1cc4c(cc1B3c1ccc(-c3ccccc3)cc1N2c1cc2c(cc1C)C(C)(C)CCC2(C)C)C(C)(C)CC4(C)C. The van der Waals surface area contributed by atoms with Crippen molar-refractivity contribution in [2.24, 2.45) is 0 Å². The molecule has 0 saturated carbocycles. The largest absolute Gasteiger partial charge is 0.311 e. The summed E-state index contributed by atoms with van der Waals surface area (Å²) in [6.07, 6.45) is 5.55. The van der Waals surface area contributed by atoms with Crippen LogP contribution in [0.4, 0.5) is 34.1 Å². The van der Waals surface area contributed by atoms with Crippen molar-refractivity contribution >= 4 is 57.2 Å². The van der Waals surface area contributed by atoms with Gasteiger partial charge < -0.3 is 9.80 Å². The lowest BCUT2D eigenvalue weighted by molar-refractivity contribution is 0.330. The molecule has 6 aromatic carbocycles. The quantitative estimate of drug-likeness (QED) is 0.163. The van der Waals surface area contributed by atoms with Crippen LogP contribution in [-0.4, -0.2) is 6.71 Å². The van der Waals surface area contributed by atoms with E-state index in [9.17, 15) is 4.11 Å². The number of rotatable bonds is 3. The third-order valence-corrected chi connectivity index (χ3v) is 17.5. The molecule has 0 atom stereocenters. The highest BCUT2D eigenvalue weighted by atomic mass is 15.2. The van der Waals surface area contributed by atoms with Crippen molar-refractivity contribution < 1.29 is 4.11 Å². The molecule has 2 aliphatic heterocycles. The van der Waals surface area contributed by atoms with Gasteiger partial charge in [0.15, 0.2) is 0 Å². The van der Waals surface area contributed by atoms with Gasteiger partial charge in [0.2, 0.25) is 0 Å². The van der Waals surface area contributed by atoms with Crippen LogP contribution in [0.3, 0.4) is 0 Å². The predicted molar refractivity (Wildman–Crippen MR) is 281 cm³/mol. The first kappa shape index (κ1) is 39.2. The molecule has 3 heteroatoms. The average Bonchev–Trinajstić information content (AvgIpc) is 3.44. The summed E-state index contributed by atoms with van der Waals surface area (Å²) in [7, 11) is 0. The van der Waals surface area contributed by atoms with Crippen LogP contribution in [0.5, 0.6) is 0 Å². The van der Waals surface area contributed by atoms with Gasteiger partial charge in [-0.25, -0.2) is 0 Å². The van der Waals surface area contributed by atoms with E-state index in [1.165, 1.54) is 60.9 Å². The molecule has 0 saturated heterocycles. The Morgan fingerprint density at radius 2 is 0.985 bits per heavy atom. The molecule has 0 N–H and O–H groups in total. The van der Waals surface area contributed by atoms with E-state index in [4.69, 9.17) is 0 Å². The fourth-order valence-electron chi connectivity index (χ4n) is 14.0. The summed E-state index contributed by atoms with van der Waals surface area (Å²) in [5, 5.41) is 0. The molecule has 0 aromatic heterocycles. The molecule has 65 heavy (non-hydrogen) atoms. The molecule has 11 rings (SSSR count). The van der Waals surface area contributed by atoms with Gasteiger partial charge in [-0.05, 0) is 199 Å². The van der Waals surface area contributed by atoms with Crippen LogP contribution >= 0.6 is 0 Å². The summed E-state index contributed by atoms with van der Waals surface area (Å²) in [6.45, 7) is 31.1. The zero-order valence-electron chi connectivity index (χ0n) is 44.7. The standard InChI is InChI=1S/C62H71BN2/c1-37-29-53-56-54(30-37)65(50-34-45-43(31-38(50)2)58(6,7)25-26-59(45,8)9)51-32-41(40-19-17-16-18-20-40)21-23-47(51)63(56)48-33-44-46(62(14,15)36-61(44,12)13)35-52(48)64(53)49-24-22-42-55(39(49)3)60(10,11)28-27-57(42,4)5/h16-24,29-35H,25-28,36H2,1-15H3/i1D3. The molecule has 0 unspecified atom stereocenters. The maximum atomic E-state index is 9.23. The highest BCUT2D eigenvalue weighted by Crippen LogP contribution is 2.56. The number of hydrogen-bond donors (Lipinski definition) is 0. The number of nitrogens with zero attached hydrogens (tertiary/aromatic N) is 2. The first-order chi connectivity index (χ1) is 31.6. The third-order valence-electron chi connectivity index (χ3n) is 17.5. The summed E-state index contributed by atoms with van der Waals surface area (Å²) in [6, 6.07) is 36.8. The van der Waals surface area contributed by atoms with E-state index in [1.807, 2.05) is 12.1 Å². The Labute approximate surface area is 396 Å². The van der Waals surface area contributed by atoms with Gasteiger partial charge in [-0.2, -0.15) is 0 Å². The van der Waals surface area contributed by atoms with Gasteiger partial charge in [0, 0.05) is 38.2 Å². The number of aryl methyl sites for hydroxylation is 2. The van der Waals surface area contributed by atoms with E-state index < -0.39 is 6.85 Å². The Bertz CT molecular complexity index is 3130. The highest BCUT2D eigenvalue weighted by molar-refractivity contribution is 7.00. The van der Waals surface area contributed by atoms with Gasteiger partial charge in [-0.15, -0.1) is 0 Å². The molecule has 0 amide bonds. The Hall–Kier alpha value is -5.02. The van der Waals surface area contributed by atoms with Crippen LogP contribution in [0.1, 0.15) is 169 Å². The minimum atomic E-state index is -2.36. The molecule has 0 radical (unpaired) electrons. The van der Waals surface area contributed by atoms with Gasteiger partial charge in [0.1, 0.15) is 0 Å². The summed E-state index contributed by atoms with van der Waals surface area (Å²) in [5.41, 5.74) is 23.8. The maximum Gasteiger partial charge on any atom is 0.252 e. The summed E-state index contributed by atoms with van der Waals surface area (Å²) in [5.74, 6) is 0. The van der Waals surface area contributed by atoms with Gasteiger partial charge in [-0.3, -0.25) is 0 Å². The fourth-order valence-corrected chi connectivity index (χ4v) is 14.0. The van der Waals surface area contributed by atoms with E-state index in [1.54, 1.807) is 0 Å². The molecular weight excluding hydrogens is 784 g/mol. The molecule has 0 bridgehead atoms. The van der Waals surface area contributed by atoms with Crippen molar-refractivity contribution in [3.05, 3.63) is 147 Å². The topological polar surface area (TPSA) is 6.48 Å². The number of fused-ring (bicyclic) bond motifs is 7. The second-order valence-electron chi connectivity index (χ2n) is 24.9. The average molecular weight is 858 g/mol. The highest BCUT2D eigenvalue weighted by Gasteiger charge is 2.49. The predicted octanol–water partition coefficient (Wildman–Crippen LogP) is 15.0. The Morgan fingerprint density at radius 1 is 0.446 bits per heavy atom. The lowest BCUT2D eigenvalue weighted by atomic mass is 9.33. The van der Waals surface area contributed by atoms with Crippen LogP contribution in [-0.2, 0) is 32.5 Å². The fraction of sp³-hybridized carbons (Fsp3) is 0.419. The first-order valence-electron chi connectivity index (χ1n) is 26.1. The Kier molecular flexibility index (Phi) is 8.17. The van der Waals surface area contributed by atoms with Crippen molar-refractivity contribution in [2.75, 3.05) is 9.80 Å². The lowest BCUT2D eigenvalue weighted by Crippen LogP contribution is -2.61. The second kappa shape index (κ2) is 13.5. The minimum absolute atomic E-state index is 0.0193. The number of hydrogen-bond acceptors (Lipinski definition) is 2. The van der Waals surface area contributed by atoms with Crippen LogP contribution in [0.15, 0.2) is 97.1 Å². The van der Waals surface area contributed by atoms with Crippen molar-refractivity contribution in [1.82, 2.24) is 0 Å². The third kappa shape index (κ3) is 6.11. The number of benzene rings is 6. The molecular formula is C62H71BN2. The van der Waals surface area contributed by atoms with Gasteiger partial charge in [0.05, 0.1) is 0 Å². The van der Waals surface area contributed by atoms with Crippen LogP contribution in [0.2, 0.25) is 0 Å². The molecule has 0 spiro atoms. The monoisotopic (exact) mass is 858 g/mol. The van der Waals surface area contributed by atoms with E-state index in [0.29, 0.717) is 5.56 Å². The van der Waals surface area contributed by atoms with Crippen molar-refractivity contribution in [2.45, 2.75) is 168 Å². The van der Waals surface area contributed by atoms with Crippen molar-refractivity contribution in [3.8, 4) is 11.1 Å². The summed E-state index contributed by atoms with van der Waals surface area (Å²) >= 11 is 0. The Balaban J connectivity index is 1.29. The zero-order chi connectivity index (χ0) is 48.6. The van der Waals surface area contributed by atoms with Crippen molar-refractivity contribution in [1.29, 1.82) is 0 Å². The maximum absolute atomic E-state index is 9.23. The van der Waals surface area contributed by atoms with Crippen LogP contribution in [0, 0.1) is 20.7 Å². The first-order valence-corrected chi connectivity index (χ1v) is 24.6. The molecule has 2 nitrogen and oxygen atoms in total. The van der Waals surface area contributed by atoms with Crippen LogP contribution in [0.25, 0.3) is 11.1 Å². The van der Waals surface area contributed by atoms with Gasteiger partial charge in [-0.1, -0.05) is 144 Å². The molecule has 2 heterocycles. The molecule has 3 aliphatic carbocycles. The van der Waals surface area contributed by atoms with Crippen molar-refractivity contribution in [3.63, 3.8) is 0 Å². The molecule has 332 valence electrons. The molecule has 5 aliphatic rings. The van der Waals surface area contributed by atoms with E-state index >= 15 is 0 Å².